The standard InChI is InChI=1S/C29H34N4O8/c1-6-17-18-12-16(41-28(37)32(4)11-10-31(3)27(36)39-5)8-9-22(18)30-24-19(17)14-33-23(24)13-21-20(25(33)34)15-40-26(35)29(21,38)7-2/h8-9,12-13,25,34,38H,6-7,10-11,14-15H2,1-5H3/t25?,29-/m0/s1. The third-order valence-electron chi connectivity index (χ3n) is 8.07. The van der Waals surface area contributed by atoms with Crippen LogP contribution in [-0.2, 0) is 27.2 Å². The molecule has 0 bridgehead atoms. The maximum atomic E-state index is 12.7. The van der Waals surface area contributed by atoms with Crippen molar-refractivity contribution < 1.29 is 38.8 Å². The fraction of sp³-hybridized carbons (Fsp3) is 0.448. The maximum Gasteiger partial charge on any atom is 0.415 e. The van der Waals surface area contributed by atoms with Crippen LogP contribution in [0.2, 0.25) is 0 Å². The zero-order valence-corrected chi connectivity index (χ0v) is 23.8. The second-order valence-electron chi connectivity index (χ2n) is 10.4. The minimum Gasteiger partial charge on any atom is -0.459 e. The third-order valence-corrected chi connectivity index (χ3v) is 8.07. The molecule has 1 aromatic heterocycles. The van der Waals surface area contributed by atoms with Gasteiger partial charge >= 0.3 is 18.2 Å². The van der Waals surface area contributed by atoms with Gasteiger partial charge in [0, 0.05) is 55.8 Å². The Labute approximate surface area is 237 Å². The zero-order valence-electron chi connectivity index (χ0n) is 23.8. The lowest BCUT2D eigenvalue weighted by atomic mass is 9.82. The second kappa shape index (κ2) is 10.7. The number of methoxy groups -OCH3 is 1. The van der Waals surface area contributed by atoms with E-state index < -0.39 is 30.0 Å². The van der Waals surface area contributed by atoms with Crippen LogP contribution in [0.3, 0.4) is 0 Å². The Morgan fingerprint density at radius 2 is 1.90 bits per heavy atom. The molecule has 0 radical (unpaired) electrons. The first-order valence-corrected chi connectivity index (χ1v) is 13.5. The summed E-state index contributed by atoms with van der Waals surface area (Å²) in [4.78, 5) is 46.2. The van der Waals surface area contributed by atoms with Gasteiger partial charge in [0.15, 0.2) is 11.8 Å². The Morgan fingerprint density at radius 3 is 2.56 bits per heavy atom. The van der Waals surface area contributed by atoms with E-state index in [1.54, 1.807) is 50.2 Å². The van der Waals surface area contributed by atoms with E-state index in [0.717, 1.165) is 16.5 Å². The van der Waals surface area contributed by atoms with E-state index in [4.69, 9.17) is 14.5 Å². The van der Waals surface area contributed by atoms with E-state index in [0.29, 0.717) is 46.8 Å². The molecule has 2 atom stereocenters. The molecule has 1 unspecified atom stereocenters. The van der Waals surface area contributed by atoms with Crippen LogP contribution in [0.5, 0.6) is 5.75 Å². The summed E-state index contributed by atoms with van der Waals surface area (Å²) in [5.41, 5.74) is 2.91. The number of cyclic esters (lactones) is 1. The number of aliphatic hydroxyl groups is 2. The molecule has 0 spiro atoms. The number of benzene rings is 1. The molecule has 2 aromatic rings. The first kappa shape index (κ1) is 28.4. The van der Waals surface area contributed by atoms with Gasteiger partial charge in [-0.1, -0.05) is 13.8 Å². The van der Waals surface area contributed by atoms with Gasteiger partial charge in [-0.15, -0.1) is 0 Å². The number of carbonyl (C=O) groups is 3. The van der Waals surface area contributed by atoms with Crippen LogP contribution >= 0.6 is 0 Å². The van der Waals surface area contributed by atoms with Crippen LogP contribution in [0, 0.1) is 0 Å². The van der Waals surface area contributed by atoms with Crippen molar-refractivity contribution in [1.82, 2.24) is 19.7 Å². The number of carbonyl (C=O) groups excluding carboxylic acids is 3. The Kier molecular flexibility index (Phi) is 7.39. The highest BCUT2D eigenvalue weighted by molar-refractivity contribution is 5.92. The van der Waals surface area contributed by atoms with Gasteiger partial charge in [-0.05, 0) is 42.7 Å². The van der Waals surface area contributed by atoms with Gasteiger partial charge in [-0.2, -0.15) is 0 Å². The summed E-state index contributed by atoms with van der Waals surface area (Å²) < 4.78 is 15.5. The summed E-state index contributed by atoms with van der Waals surface area (Å²) in [6.07, 6.45) is 0.369. The molecule has 2 N–H and O–H groups in total. The first-order chi connectivity index (χ1) is 19.5. The topological polar surface area (TPSA) is 142 Å². The summed E-state index contributed by atoms with van der Waals surface area (Å²) in [6.45, 7) is 4.53. The quantitative estimate of drug-likeness (QED) is 0.501. The molecular weight excluding hydrogens is 532 g/mol. The van der Waals surface area contributed by atoms with Crippen LogP contribution in [0.15, 0.2) is 35.4 Å². The van der Waals surface area contributed by atoms with Crippen molar-refractivity contribution >= 4 is 34.8 Å². The van der Waals surface area contributed by atoms with Crippen molar-refractivity contribution in [2.24, 2.45) is 0 Å². The van der Waals surface area contributed by atoms with E-state index in [1.165, 1.54) is 16.9 Å². The number of amides is 2. The van der Waals surface area contributed by atoms with Crippen molar-refractivity contribution in [1.29, 1.82) is 0 Å². The number of fused-ring (bicyclic) bond motifs is 4. The molecule has 0 saturated heterocycles. The molecule has 12 heteroatoms. The van der Waals surface area contributed by atoms with E-state index in [-0.39, 0.29) is 26.1 Å². The fourth-order valence-corrected chi connectivity index (χ4v) is 5.58. The monoisotopic (exact) mass is 566 g/mol. The first-order valence-electron chi connectivity index (χ1n) is 13.5. The number of rotatable bonds is 6. The fourth-order valence-electron chi connectivity index (χ4n) is 5.58. The number of hydrogen-bond donors (Lipinski definition) is 2. The number of esters is 1. The van der Waals surface area contributed by atoms with Gasteiger partial charge in [0.2, 0.25) is 0 Å². The van der Waals surface area contributed by atoms with Crippen molar-refractivity contribution in [3.8, 4) is 5.75 Å². The van der Waals surface area contributed by atoms with Crippen molar-refractivity contribution in [3.05, 3.63) is 52.2 Å². The minimum atomic E-state index is -1.83. The van der Waals surface area contributed by atoms with Gasteiger partial charge in [-0.3, -0.25) is 0 Å². The molecule has 4 heterocycles. The van der Waals surface area contributed by atoms with E-state index >= 15 is 0 Å². The van der Waals surface area contributed by atoms with Crippen LogP contribution in [-0.4, -0.2) is 101 Å². The molecule has 0 aliphatic carbocycles. The molecule has 3 aliphatic rings. The SMILES string of the molecule is CCc1c2c(nc3ccc(OC(=O)N(C)CCN(C)C(=O)OC)cc13)C1=CC3=C(COC(=O)[C@]3(O)CC)C(O)N1C2. The summed E-state index contributed by atoms with van der Waals surface area (Å²) in [7, 11) is 4.46. The molecule has 2 amide bonds. The summed E-state index contributed by atoms with van der Waals surface area (Å²) >= 11 is 0. The van der Waals surface area contributed by atoms with Gasteiger partial charge in [0.25, 0.3) is 0 Å². The predicted molar refractivity (Wildman–Crippen MR) is 148 cm³/mol. The predicted octanol–water partition coefficient (Wildman–Crippen LogP) is 2.41. The highest BCUT2D eigenvalue weighted by Crippen LogP contribution is 2.46. The minimum absolute atomic E-state index is 0.0908. The Hall–Kier alpha value is -4.16. The maximum absolute atomic E-state index is 12.7. The molecule has 12 nitrogen and oxygen atoms in total. The highest BCUT2D eigenvalue weighted by Gasteiger charge is 2.49. The smallest absolute Gasteiger partial charge is 0.415 e. The van der Waals surface area contributed by atoms with Gasteiger partial charge < -0.3 is 39.1 Å². The lowest BCUT2D eigenvalue weighted by Crippen LogP contribution is -2.50. The van der Waals surface area contributed by atoms with Crippen molar-refractivity contribution in [2.75, 3.05) is 40.9 Å². The Morgan fingerprint density at radius 1 is 1.20 bits per heavy atom. The van der Waals surface area contributed by atoms with Crippen LogP contribution in [0.25, 0.3) is 16.6 Å². The average molecular weight is 567 g/mol. The molecular formula is C29H34N4O8. The number of aromatic nitrogens is 1. The molecule has 41 heavy (non-hydrogen) atoms. The summed E-state index contributed by atoms with van der Waals surface area (Å²) in [6, 6.07) is 5.22. The number of nitrogens with zero attached hydrogens (tertiary/aromatic N) is 4. The Balaban J connectivity index is 1.45. The molecule has 0 fully saturated rings. The molecule has 218 valence electrons. The lowest BCUT2D eigenvalue weighted by Gasteiger charge is -2.40. The normalized spacial score (nSPS) is 21.0. The number of aryl methyl sites for hydroxylation is 1. The second-order valence-corrected chi connectivity index (χ2v) is 10.4. The summed E-state index contributed by atoms with van der Waals surface area (Å²) in [5, 5.41) is 23.3. The van der Waals surface area contributed by atoms with Gasteiger partial charge in [-0.25, -0.2) is 19.4 Å². The van der Waals surface area contributed by atoms with Crippen LogP contribution in [0.4, 0.5) is 9.59 Å². The average Bonchev–Trinajstić information content (AvgIpc) is 3.34. The third kappa shape index (κ3) is 4.66. The van der Waals surface area contributed by atoms with Gasteiger partial charge in [0.05, 0.1) is 24.0 Å². The number of ether oxygens (including phenoxy) is 3. The number of hydrogen-bond acceptors (Lipinski definition) is 10. The van der Waals surface area contributed by atoms with Gasteiger partial charge in [0.1, 0.15) is 12.4 Å². The van der Waals surface area contributed by atoms with Crippen LogP contribution < -0.4 is 4.74 Å². The van der Waals surface area contributed by atoms with E-state index in [1.807, 2.05) is 6.92 Å². The van der Waals surface area contributed by atoms with E-state index in [2.05, 4.69) is 4.74 Å². The van der Waals surface area contributed by atoms with Crippen molar-refractivity contribution in [3.63, 3.8) is 0 Å². The largest absolute Gasteiger partial charge is 0.459 e. The number of pyridine rings is 1. The van der Waals surface area contributed by atoms with E-state index in [9.17, 15) is 24.6 Å². The lowest BCUT2D eigenvalue weighted by molar-refractivity contribution is -0.164. The molecule has 1 aromatic carbocycles. The molecule has 5 rings (SSSR count). The number of aliphatic hydroxyl groups excluding tert-OH is 1. The molecule has 3 aliphatic heterocycles. The molecule has 0 saturated carbocycles. The van der Waals surface area contributed by atoms with Crippen molar-refractivity contribution in [2.45, 2.75) is 45.1 Å². The van der Waals surface area contributed by atoms with Crippen LogP contribution in [0.1, 0.15) is 37.1 Å². The zero-order chi connectivity index (χ0) is 29.6. The highest BCUT2D eigenvalue weighted by atomic mass is 16.6. The summed E-state index contributed by atoms with van der Waals surface area (Å²) in [5.74, 6) is -0.374. The number of likely N-dealkylation sites (N-methyl/N-ethyl adjacent to an activating group) is 2. The Bertz CT molecular complexity index is 1500.